The summed E-state index contributed by atoms with van der Waals surface area (Å²) in [5, 5.41) is 3.93. The minimum atomic E-state index is -0.489. The van der Waals surface area contributed by atoms with Crippen LogP contribution >= 0.6 is 11.6 Å². The van der Waals surface area contributed by atoms with Crippen molar-refractivity contribution < 1.29 is 8.81 Å². The van der Waals surface area contributed by atoms with Gasteiger partial charge in [-0.25, -0.2) is 4.39 Å². The van der Waals surface area contributed by atoms with Crippen LogP contribution in [0.1, 0.15) is 24.3 Å². The zero-order valence-electron chi connectivity index (χ0n) is 9.40. The molecule has 0 aliphatic rings. The van der Waals surface area contributed by atoms with Gasteiger partial charge in [0.25, 0.3) is 0 Å². The van der Waals surface area contributed by atoms with Gasteiger partial charge >= 0.3 is 0 Å². The second-order valence-electron chi connectivity index (χ2n) is 3.84. The number of aryl methyl sites for hydroxylation is 1. The van der Waals surface area contributed by atoms with E-state index in [1.54, 1.807) is 12.1 Å². The Morgan fingerprint density at radius 2 is 2.12 bits per heavy atom. The Bertz CT molecular complexity index is 535. The summed E-state index contributed by atoms with van der Waals surface area (Å²) < 4.78 is 19.3. The zero-order chi connectivity index (χ0) is 11.9. The molecule has 1 N–H and O–H groups in total. The summed E-state index contributed by atoms with van der Waals surface area (Å²) in [5.74, 6) is 0.260. The molecule has 0 spiro atoms. The van der Waals surface area contributed by atoms with E-state index in [1.807, 2.05) is 20.9 Å². The van der Waals surface area contributed by atoms with Gasteiger partial charge in [0.05, 0.1) is 11.1 Å². The highest BCUT2D eigenvalue weighted by atomic mass is 35.5. The van der Waals surface area contributed by atoms with Crippen molar-refractivity contribution in [3.05, 3.63) is 34.3 Å². The van der Waals surface area contributed by atoms with Crippen molar-refractivity contribution in [3.8, 4) is 0 Å². The fourth-order valence-electron chi connectivity index (χ4n) is 1.79. The predicted molar refractivity (Wildman–Crippen MR) is 63.4 cm³/mol. The van der Waals surface area contributed by atoms with E-state index in [1.165, 1.54) is 0 Å². The molecular weight excluding hydrogens is 229 g/mol. The van der Waals surface area contributed by atoms with Gasteiger partial charge in [-0.05, 0) is 33.0 Å². The third kappa shape index (κ3) is 1.60. The number of rotatable bonds is 2. The van der Waals surface area contributed by atoms with Crippen LogP contribution in [0.5, 0.6) is 0 Å². The van der Waals surface area contributed by atoms with E-state index in [4.69, 9.17) is 16.0 Å². The molecule has 0 aliphatic heterocycles. The van der Waals surface area contributed by atoms with Crippen LogP contribution in [0.2, 0.25) is 5.02 Å². The van der Waals surface area contributed by atoms with Gasteiger partial charge in [-0.1, -0.05) is 11.6 Å². The number of hydrogen-bond donors (Lipinski definition) is 1. The van der Waals surface area contributed by atoms with Crippen molar-refractivity contribution in [2.24, 2.45) is 0 Å². The van der Waals surface area contributed by atoms with Gasteiger partial charge in [-0.2, -0.15) is 0 Å². The molecule has 86 valence electrons. The molecule has 0 amide bonds. The summed E-state index contributed by atoms with van der Waals surface area (Å²) in [7, 11) is 1.83. The van der Waals surface area contributed by atoms with E-state index in [2.05, 4.69) is 5.32 Å². The third-order valence-electron chi connectivity index (χ3n) is 2.86. The number of hydrogen-bond acceptors (Lipinski definition) is 2. The fraction of sp³-hybridized carbons (Fsp3) is 0.333. The molecule has 0 bridgehead atoms. The highest BCUT2D eigenvalue weighted by Crippen LogP contribution is 2.33. The SMILES string of the molecule is CNC(C)c1oc2c(F)c(Cl)ccc2c1C. The average molecular weight is 242 g/mol. The quantitative estimate of drug-likeness (QED) is 0.865. The first kappa shape index (κ1) is 11.4. The van der Waals surface area contributed by atoms with E-state index >= 15 is 0 Å². The van der Waals surface area contributed by atoms with Crippen molar-refractivity contribution in [1.82, 2.24) is 5.32 Å². The Kier molecular flexibility index (Phi) is 2.91. The molecule has 1 aromatic carbocycles. The van der Waals surface area contributed by atoms with Crippen LogP contribution < -0.4 is 5.32 Å². The maximum Gasteiger partial charge on any atom is 0.184 e. The number of nitrogens with one attached hydrogen (secondary N) is 1. The summed E-state index contributed by atoms with van der Waals surface area (Å²) in [6.07, 6.45) is 0. The van der Waals surface area contributed by atoms with Crippen molar-refractivity contribution in [2.75, 3.05) is 7.05 Å². The third-order valence-corrected chi connectivity index (χ3v) is 3.15. The summed E-state index contributed by atoms with van der Waals surface area (Å²) in [6, 6.07) is 3.38. The zero-order valence-corrected chi connectivity index (χ0v) is 10.2. The van der Waals surface area contributed by atoms with Crippen LogP contribution in [0, 0.1) is 12.7 Å². The van der Waals surface area contributed by atoms with Crippen LogP contribution in [0.15, 0.2) is 16.5 Å². The van der Waals surface area contributed by atoms with Gasteiger partial charge in [0.15, 0.2) is 11.4 Å². The minimum absolute atomic E-state index is 0.0468. The van der Waals surface area contributed by atoms with Crippen LogP contribution in [-0.4, -0.2) is 7.05 Å². The molecule has 0 radical (unpaired) electrons. The number of benzene rings is 1. The summed E-state index contributed by atoms with van der Waals surface area (Å²) in [4.78, 5) is 0. The Hall–Kier alpha value is -1.06. The van der Waals surface area contributed by atoms with E-state index in [0.29, 0.717) is 0 Å². The smallest absolute Gasteiger partial charge is 0.184 e. The molecule has 0 saturated carbocycles. The Balaban J connectivity index is 2.72. The molecule has 1 atom stereocenters. The maximum atomic E-state index is 13.7. The highest BCUT2D eigenvalue weighted by Gasteiger charge is 2.18. The number of furan rings is 1. The molecule has 4 heteroatoms. The molecule has 0 aliphatic carbocycles. The molecule has 0 saturated heterocycles. The first-order chi connectivity index (χ1) is 7.56. The van der Waals surface area contributed by atoms with E-state index in [9.17, 15) is 4.39 Å². The molecular formula is C12H13ClFNO. The monoisotopic (exact) mass is 241 g/mol. The maximum absolute atomic E-state index is 13.7. The molecule has 1 aromatic heterocycles. The first-order valence-electron chi connectivity index (χ1n) is 5.10. The minimum Gasteiger partial charge on any atom is -0.456 e. The lowest BCUT2D eigenvalue weighted by Crippen LogP contribution is -2.12. The largest absolute Gasteiger partial charge is 0.456 e. The Morgan fingerprint density at radius 3 is 2.75 bits per heavy atom. The summed E-state index contributed by atoms with van der Waals surface area (Å²) in [6.45, 7) is 3.88. The molecule has 0 fully saturated rings. The van der Waals surface area contributed by atoms with Gasteiger partial charge < -0.3 is 9.73 Å². The van der Waals surface area contributed by atoms with Gasteiger partial charge in [-0.3, -0.25) is 0 Å². The number of fused-ring (bicyclic) bond motifs is 1. The van der Waals surface area contributed by atoms with Crippen molar-refractivity contribution in [3.63, 3.8) is 0 Å². The average Bonchev–Trinajstić information content (AvgIpc) is 2.61. The van der Waals surface area contributed by atoms with E-state index in [0.717, 1.165) is 16.7 Å². The predicted octanol–water partition coefficient (Wildman–Crippen LogP) is 3.81. The Morgan fingerprint density at radius 1 is 1.44 bits per heavy atom. The second kappa shape index (κ2) is 4.07. The standard InChI is InChI=1S/C12H13ClFNO/c1-6-8-4-5-9(13)10(14)12(8)16-11(6)7(2)15-3/h4-5,7,15H,1-3H3. The summed E-state index contributed by atoms with van der Waals surface area (Å²) >= 11 is 5.71. The topological polar surface area (TPSA) is 25.2 Å². The molecule has 2 rings (SSSR count). The lowest BCUT2D eigenvalue weighted by molar-refractivity contribution is 0.459. The molecule has 2 nitrogen and oxygen atoms in total. The van der Waals surface area contributed by atoms with Gasteiger partial charge in [0.2, 0.25) is 0 Å². The first-order valence-corrected chi connectivity index (χ1v) is 5.48. The second-order valence-corrected chi connectivity index (χ2v) is 4.25. The lowest BCUT2D eigenvalue weighted by Gasteiger charge is -2.06. The Labute approximate surface area is 98.4 Å². The molecule has 2 aromatic rings. The van der Waals surface area contributed by atoms with Gasteiger partial charge in [0.1, 0.15) is 5.76 Å². The van der Waals surface area contributed by atoms with Crippen molar-refractivity contribution in [2.45, 2.75) is 19.9 Å². The van der Waals surface area contributed by atoms with Crippen molar-refractivity contribution in [1.29, 1.82) is 0 Å². The number of halogens is 2. The summed E-state index contributed by atoms with van der Waals surface area (Å²) in [5.41, 5.74) is 1.19. The molecule has 1 unspecified atom stereocenters. The van der Waals surface area contributed by atoms with Crippen molar-refractivity contribution >= 4 is 22.6 Å². The van der Waals surface area contributed by atoms with Crippen LogP contribution in [0.4, 0.5) is 4.39 Å². The normalized spacial score (nSPS) is 13.3. The van der Waals surface area contributed by atoms with Crippen LogP contribution in [-0.2, 0) is 0 Å². The lowest BCUT2D eigenvalue weighted by atomic mass is 10.1. The van der Waals surface area contributed by atoms with Gasteiger partial charge in [0, 0.05) is 10.9 Å². The fourth-order valence-corrected chi connectivity index (χ4v) is 1.94. The van der Waals surface area contributed by atoms with Crippen LogP contribution in [0.25, 0.3) is 11.0 Å². The molecule has 1 heterocycles. The van der Waals surface area contributed by atoms with E-state index < -0.39 is 5.82 Å². The molecule has 16 heavy (non-hydrogen) atoms. The van der Waals surface area contributed by atoms with E-state index in [-0.39, 0.29) is 16.6 Å². The highest BCUT2D eigenvalue weighted by molar-refractivity contribution is 6.31. The van der Waals surface area contributed by atoms with Crippen LogP contribution in [0.3, 0.4) is 0 Å². The van der Waals surface area contributed by atoms with Gasteiger partial charge in [-0.15, -0.1) is 0 Å².